The van der Waals surface area contributed by atoms with Gasteiger partial charge in [0, 0.05) is 20.1 Å². The molecule has 1 unspecified atom stereocenters. The molecule has 0 radical (unpaired) electrons. The van der Waals surface area contributed by atoms with Crippen LogP contribution in [0.1, 0.15) is 13.3 Å². The molecule has 4 nitrogen and oxygen atoms in total. The first-order chi connectivity index (χ1) is 8.69. The lowest BCUT2D eigenvalue weighted by Gasteiger charge is -2.36. The smallest absolute Gasteiger partial charge is 0.244 e. The van der Waals surface area contributed by atoms with Gasteiger partial charge in [-0.2, -0.15) is 5.26 Å². The van der Waals surface area contributed by atoms with Crippen molar-refractivity contribution in [3.05, 3.63) is 24.3 Å². The minimum absolute atomic E-state index is 0.0828. The number of nitriles is 1. The summed E-state index contributed by atoms with van der Waals surface area (Å²) in [5.74, 6) is -0.623. The maximum atomic E-state index is 12.3. The number of fused-ring (bicyclic) bond motifs is 1. The second-order valence-corrected chi connectivity index (χ2v) is 4.49. The highest BCUT2D eigenvalue weighted by Crippen LogP contribution is 2.32. The standard InChI is InChI=1S/C14H17N3O/c1-3-11(10-15)14(18)17-9-8-16(2)12-6-4-5-7-13(12)17/h4-7,11H,3,8-9H2,1-2H3. The summed E-state index contributed by atoms with van der Waals surface area (Å²) < 4.78 is 0. The SMILES string of the molecule is CCC(C#N)C(=O)N1CCN(C)c2ccccc21. The van der Waals surface area contributed by atoms with E-state index in [1.54, 1.807) is 4.90 Å². The minimum atomic E-state index is -0.540. The number of hydrogen-bond acceptors (Lipinski definition) is 3. The van der Waals surface area contributed by atoms with Crippen LogP contribution in [0.3, 0.4) is 0 Å². The molecule has 18 heavy (non-hydrogen) atoms. The second-order valence-electron chi connectivity index (χ2n) is 4.49. The predicted molar refractivity (Wildman–Crippen MR) is 71.5 cm³/mol. The Bertz CT molecular complexity index is 492. The molecule has 0 aromatic heterocycles. The summed E-state index contributed by atoms with van der Waals surface area (Å²) in [7, 11) is 2.02. The number of rotatable bonds is 2. The van der Waals surface area contributed by atoms with Crippen molar-refractivity contribution in [2.75, 3.05) is 29.9 Å². The molecule has 1 amide bonds. The van der Waals surface area contributed by atoms with Crippen LogP contribution in [0.15, 0.2) is 24.3 Å². The van der Waals surface area contributed by atoms with Gasteiger partial charge >= 0.3 is 0 Å². The van der Waals surface area contributed by atoms with Crippen LogP contribution in [0.25, 0.3) is 0 Å². The fourth-order valence-electron chi connectivity index (χ4n) is 2.24. The monoisotopic (exact) mass is 243 g/mol. The average molecular weight is 243 g/mol. The molecule has 0 aliphatic carbocycles. The molecule has 0 N–H and O–H groups in total. The maximum absolute atomic E-state index is 12.3. The first-order valence-electron chi connectivity index (χ1n) is 6.20. The Morgan fingerprint density at radius 1 is 1.39 bits per heavy atom. The third-order valence-corrected chi connectivity index (χ3v) is 3.37. The van der Waals surface area contributed by atoms with E-state index in [4.69, 9.17) is 5.26 Å². The van der Waals surface area contributed by atoms with Crippen LogP contribution in [-0.2, 0) is 4.79 Å². The van der Waals surface area contributed by atoms with Crippen LogP contribution in [0.5, 0.6) is 0 Å². The van der Waals surface area contributed by atoms with Gasteiger partial charge in [0.15, 0.2) is 0 Å². The van der Waals surface area contributed by atoms with Crippen molar-refractivity contribution in [3.8, 4) is 6.07 Å². The Morgan fingerprint density at radius 2 is 2.06 bits per heavy atom. The Labute approximate surface area is 107 Å². The zero-order valence-electron chi connectivity index (χ0n) is 10.8. The summed E-state index contributed by atoms with van der Waals surface area (Å²) in [6, 6.07) is 9.91. The summed E-state index contributed by atoms with van der Waals surface area (Å²) in [4.78, 5) is 16.2. The van der Waals surface area contributed by atoms with Gasteiger partial charge in [0.25, 0.3) is 0 Å². The number of likely N-dealkylation sites (N-methyl/N-ethyl adjacent to an activating group) is 1. The van der Waals surface area contributed by atoms with Crippen LogP contribution in [0.4, 0.5) is 11.4 Å². The number of carbonyl (C=O) groups excluding carboxylic acids is 1. The van der Waals surface area contributed by atoms with E-state index < -0.39 is 5.92 Å². The van der Waals surface area contributed by atoms with E-state index in [1.807, 2.05) is 38.2 Å². The lowest BCUT2D eigenvalue weighted by molar-refractivity contribution is -0.120. The number of hydrogen-bond donors (Lipinski definition) is 0. The number of para-hydroxylation sites is 2. The Kier molecular flexibility index (Phi) is 3.52. The fraction of sp³-hybridized carbons (Fsp3) is 0.429. The maximum Gasteiger partial charge on any atom is 0.244 e. The molecule has 1 aromatic rings. The summed E-state index contributed by atoms with van der Waals surface area (Å²) >= 11 is 0. The Hall–Kier alpha value is -2.02. The van der Waals surface area contributed by atoms with Gasteiger partial charge in [-0.25, -0.2) is 0 Å². The molecule has 0 saturated heterocycles. The third-order valence-electron chi connectivity index (χ3n) is 3.37. The van der Waals surface area contributed by atoms with Crippen molar-refractivity contribution in [2.45, 2.75) is 13.3 Å². The molecule has 2 rings (SSSR count). The Balaban J connectivity index is 2.35. The van der Waals surface area contributed by atoms with E-state index >= 15 is 0 Å². The van der Waals surface area contributed by atoms with Crippen molar-refractivity contribution in [1.82, 2.24) is 0 Å². The Morgan fingerprint density at radius 3 is 2.67 bits per heavy atom. The van der Waals surface area contributed by atoms with Gasteiger partial charge in [-0.1, -0.05) is 19.1 Å². The van der Waals surface area contributed by atoms with E-state index in [0.717, 1.165) is 17.9 Å². The molecule has 0 bridgehead atoms. The van der Waals surface area contributed by atoms with Gasteiger partial charge in [0.1, 0.15) is 5.92 Å². The van der Waals surface area contributed by atoms with E-state index in [-0.39, 0.29) is 5.91 Å². The second kappa shape index (κ2) is 5.09. The van der Waals surface area contributed by atoms with Gasteiger partial charge < -0.3 is 9.80 Å². The topological polar surface area (TPSA) is 47.3 Å². The summed E-state index contributed by atoms with van der Waals surface area (Å²) in [5, 5.41) is 9.02. The molecule has 0 spiro atoms. The molecule has 4 heteroatoms. The number of anilines is 2. The molecule has 0 saturated carbocycles. The molecular weight excluding hydrogens is 226 g/mol. The summed E-state index contributed by atoms with van der Waals surface area (Å²) in [6.45, 7) is 3.31. The molecule has 94 valence electrons. The van der Waals surface area contributed by atoms with Crippen molar-refractivity contribution >= 4 is 17.3 Å². The van der Waals surface area contributed by atoms with Gasteiger partial charge in [-0.3, -0.25) is 4.79 Å². The summed E-state index contributed by atoms with van der Waals surface area (Å²) in [6.07, 6.45) is 0.559. The molecule has 1 atom stereocenters. The number of amides is 1. The third kappa shape index (κ3) is 2.04. The molecule has 0 fully saturated rings. The normalized spacial score (nSPS) is 15.8. The van der Waals surface area contributed by atoms with Gasteiger partial charge in [0.05, 0.1) is 17.4 Å². The molecule has 1 aromatic carbocycles. The first kappa shape index (κ1) is 12.4. The predicted octanol–water partition coefficient (Wildman–Crippen LogP) is 2.02. The fourth-order valence-corrected chi connectivity index (χ4v) is 2.24. The van der Waals surface area contributed by atoms with Gasteiger partial charge in [0.2, 0.25) is 5.91 Å². The van der Waals surface area contributed by atoms with Crippen LogP contribution in [0.2, 0.25) is 0 Å². The van der Waals surface area contributed by atoms with Crippen molar-refractivity contribution in [3.63, 3.8) is 0 Å². The first-order valence-corrected chi connectivity index (χ1v) is 6.20. The average Bonchev–Trinajstić information content (AvgIpc) is 2.41. The van der Waals surface area contributed by atoms with Crippen LogP contribution in [-0.4, -0.2) is 26.0 Å². The molecular formula is C14H17N3O. The van der Waals surface area contributed by atoms with E-state index in [0.29, 0.717) is 13.0 Å². The van der Waals surface area contributed by atoms with E-state index in [9.17, 15) is 4.79 Å². The van der Waals surface area contributed by atoms with Crippen molar-refractivity contribution in [2.24, 2.45) is 5.92 Å². The van der Waals surface area contributed by atoms with Crippen molar-refractivity contribution in [1.29, 1.82) is 5.26 Å². The number of carbonyl (C=O) groups is 1. The largest absolute Gasteiger partial charge is 0.371 e. The van der Waals surface area contributed by atoms with E-state index in [2.05, 4.69) is 11.0 Å². The van der Waals surface area contributed by atoms with E-state index in [1.165, 1.54) is 0 Å². The molecule has 1 heterocycles. The lowest BCUT2D eigenvalue weighted by atomic mass is 10.0. The van der Waals surface area contributed by atoms with Crippen LogP contribution < -0.4 is 9.80 Å². The highest BCUT2D eigenvalue weighted by molar-refractivity contribution is 6.00. The van der Waals surface area contributed by atoms with Gasteiger partial charge in [-0.15, -0.1) is 0 Å². The van der Waals surface area contributed by atoms with Gasteiger partial charge in [-0.05, 0) is 18.6 Å². The summed E-state index contributed by atoms with van der Waals surface area (Å²) in [5.41, 5.74) is 1.95. The van der Waals surface area contributed by atoms with Crippen LogP contribution >= 0.6 is 0 Å². The number of benzene rings is 1. The molecule has 1 aliphatic heterocycles. The number of nitrogens with zero attached hydrogens (tertiary/aromatic N) is 3. The minimum Gasteiger partial charge on any atom is -0.371 e. The zero-order valence-corrected chi connectivity index (χ0v) is 10.8. The quantitative estimate of drug-likeness (QED) is 0.798. The molecule has 1 aliphatic rings. The zero-order chi connectivity index (χ0) is 13.1. The van der Waals surface area contributed by atoms with Crippen molar-refractivity contribution < 1.29 is 4.79 Å². The highest BCUT2D eigenvalue weighted by atomic mass is 16.2. The van der Waals surface area contributed by atoms with Crippen LogP contribution in [0, 0.1) is 17.2 Å². The lowest BCUT2D eigenvalue weighted by Crippen LogP contribution is -2.44. The highest BCUT2D eigenvalue weighted by Gasteiger charge is 2.29.